The van der Waals surface area contributed by atoms with Crippen LogP contribution in [0.15, 0.2) is 41.6 Å². The molecule has 1 heteroatoms. The van der Waals surface area contributed by atoms with Gasteiger partial charge in [-0.2, -0.15) is 0 Å². The van der Waals surface area contributed by atoms with Gasteiger partial charge >= 0.3 is 0 Å². The summed E-state index contributed by atoms with van der Waals surface area (Å²) >= 11 is 0. The van der Waals surface area contributed by atoms with Gasteiger partial charge in [-0.1, -0.05) is 112 Å². The first-order valence-electron chi connectivity index (χ1n) is 9.30. The Balaban J connectivity index is 2.25. The molecule has 0 heterocycles. The van der Waals surface area contributed by atoms with Gasteiger partial charge in [0.15, 0.2) is 0 Å². The van der Waals surface area contributed by atoms with Crippen LogP contribution in [-0.4, -0.2) is 8.07 Å². The lowest BCUT2D eigenvalue weighted by molar-refractivity contribution is 0.575. The summed E-state index contributed by atoms with van der Waals surface area (Å²) in [5.74, 6) is 0. The SMILES string of the molecule is CCCCCCCCCC/C(C)=C/[Si](C)(C)c1ccccc1. The second-order valence-electron chi connectivity index (χ2n) is 7.30. The van der Waals surface area contributed by atoms with Gasteiger partial charge in [-0.05, 0) is 19.8 Å². The molecule has 0 radical (unpaired) electrons. The molecule has 0 atom stereocenters. The van der Waals surface area contributed by atoms with Crippen molar-refractivity contribution in [3.05, 3.63) is 41.6 Å². The van der Waals surface area contributed by atoms with E-state index in [1.165, 1.54) is 57.8 Å². The lowest BCUT2D eigenvalue weighted by Crippen LogP contribution is -2.39. The molecule has 0 saturated heterocycles. The quantitative estimate of drug-likeness (QED) is 0.318. The first kappa shape index (κ1) is 19.2. The van der Waals surface area contributed by atoms with Crippen LogP contribution >= 0.6 is 0 Å². The molecule has 1 rings (SSSR count). The molecule has 0 aliphatic carbocycles. The van der Waals surface area contributed by atoms with Gasteiger partial charge in [0.25, 0.3) is 0 Å². The molecule has 0 unspecified atom stereocenters. The summed E-state index contributed by atoms with van der Waals surface area (Å²) in [6.07, 6.45) is 12.6. The van der Waals surface area contributed by atoms with Crippen LogP contribution < -0.4 is 5.19 Å². The minimum atomic E-state index is -1.39. The highest BCUT2D eigenvalue weighted by Gasteiger charge is 2.19. The average Bonchev–Trinajstić information content (AvgIpc) is 2.50. The second kappa shape index (κ2) is 10.8. The summed E-state index contributed by atoms with van der Waals surface area (Å²) in [6, 6.07) is 11.1. The third-order valence-electron chi connectivity index (χ3n) is 4.55. The molecular formula is C21H36Si. The molecule has 0 aromatic heterocycles. The van der Waals surface area contributed by atoms with Gasteiger partial charge in [0.2, 0.25) is 0 Å². The van der Waals surface area contributed by atoms with E-state index in [1.54, 1.807) is 10.8 Å². The Bertz CT molecular complexity index is 417. The molecule has 0 N–H and O–H groups in total. The molecular weight excluding hydrogens is 280 g/mol. The molecule has 1 aromatic rings. The van der Waals surface area contributed by atoms with Crippen molar-refractivity contribution in [2.75, 3.05) is 0 Å². The lowest BCUT2D eigenvalue weighted by atomic mass is 10.1. The maximum Gasteiger partial charge on any atom is 0.104 e. The highest BCUT2D eigenvalue weighted by Crippen LogP contribution is 2.15. The summed E-state index contributed by atoms with van der Waals surface area (Å²) in [5.41, 5.74) is 4.20. The molecule has 0 aliphatic rings. The van der Waals surface area contributed by atoms with Crippen molar-refractivity contribution in [1.82, 2.24) is 0 Å². The largest absolute Gasteiger partial charge is 0.104 e. The van der Waals surface area contributed by atoms with Gasteiger partial charge in [-0.25, -0.2) is 0 Å². The van der Waals surface area contributed by atoms with Crippen molar-refractivity contribution in [1.29, 1.82) is 0 Å². The molecule has 124 valence electrons. The normalized spacial score (nSPS) is 12.6. The summed E-state index contributed by atoms with van der Waals surface area (Å²) in [7, 11) is -1.39. The minimum absolute atomic E-state index is 1.29. The van der Waals surface area contributed by atoms with Crippen LogP contribution in [-0.2, 0) is 0 Å². The Morgan fingerprint density at radius 2 is 1.41 bits per heavy atom. The van der Waals surface area contributed by atoms with Gasteiger partial charge < -0.3 is 0 Å². The fourth-order valence-electron chi connectivity index (χ4n) is 3.18. The van der Waals surface area contributed by atoms with Gasteiger partial charge in [-0.15, -0.1) is 0 Å². The van der Waals surface area contributed by atoms with Crippen molar-refractivity contribution < 1.29 is 0 Å². The Morgan fingerprint density at radius 3 is 2.00 bits per heavy atom. The van der Waals surface area contributed by atoms with E-state index in [1.807, 2.05) is 0 Å². The van der Waals surface area contributed by atoms with Crippen LogP contribution in [0.25, 0.3) is 0 Å². The average molecular weight is 317 g/mol. The summed E-state index contributed by atoms with van der Waals surface area (Å²) in [5, 5.41) is 1.55. The predicted molar refractivity (Wildman–Crippen MR) is 105 cm³/mol. The van der Waals surface area contributed by atoms with Crippen molar-refractivity contribution in [2.24, 2.45) is 0 Å². The second-order valence-corrected chi connectivity index (χ2v) is 11.6. The zero-order chi connectivity index (χ0) is 16.3. The Hall–Kier alpha value is -0.823. The van der Waals surface area contributed by atoms with Gasteiger partial charge in [0.1, 0.15) is 8.07 Å². The fourth-order valence-corrected chi connectivity index (χ4v) is 5.77. The zero-order valence-electron chi connectivity index (χ0n) is 15.3. The van der Waals surface area contributed by atoms with Crippen molar-refractivity contribution in [3.63, 3.8) is 0 Å². The Morgan fingerprint density at radius 1 is 0.864 bits per heavy atom. The smallest absolute Gasteiger partial charge is 0.0913 e. The third kappa shape index (κ3) is 7.98. The molecule has 0 spiro atoms. The highest BCUT2D eigenvalue weighted by atomic mass is 28.3. The summed E-state index contributed by atoms with van der Waals surface area (Å²) in [6.45, 7) is 9.54. The van der Waals surface area contributed by atoms with Crippen molar-refractivity contribution in [2.45, 2.75) is 84.7 Å². The maximum atomic E-state index is 2.60. The van der Waals surface area contributed by atoms with Crippen molar-refractivity contribution >= 4 is 13.3 Å². The summed E-state index contributed by atoms with van der Waals surface area (Å²) < 4.78 is 0. The topological polar surface area (TPSA) is 0 Å². The number of unbranched alkanes of at least 4 members (excludes halogenated alkanes) is 7. The molecule has 0 nitrogen and oxygen atoms in total. The van der Waals surface area contributed by atoms with E-state index in [4.69, 9.17) is 0 Å². The van der Waals surface area contributed by atoms with Crippen LogP contribution in [0.4, 0.5) is 0 Å². The monoisotopic (exact) mass is 316 g/mol. The number of hydrogen-bond donors (Lipinski definition) is 0. The molecule has 0 fully saturated rings. The van der Waals surface area contributed by atoms with E-state index >= 15 is 0 Å². The van der Waals surface area contributed by atoms with E-state index in [9.17, 15) is 0 Å². The van der Waals surface area contributed by atoms with E-state index in [-0.39, 0.29) is 0 Å². The first-order chi connectivity index (χ1) is 10.6. The lowest BCUT2D eigenvalue weighted by Gasteiger charge is -2.20. The van der Waals surface area contributed by atoms with Gasteiger partial charge in [-0.3, -0.25) is 0 Å². The minimum Gasteiger partial charge on any atom is -0.0913 e. The van der Waals surface area contributed by atoms with E-state index in [0.717, 1.165) is 0 Å². The molecule has 0 saturated carbocycles. The highest BCUT2D eigenvalue weighted by molar-refractivity contribution is 6.94. The number of allylic oxidation sites excluding steroid dienone is 1. The molecule has 0 bridgehead atoms. The van der Waals surface area contributed by atoms with Crippen LogP contribution in [0.5, 0.6) is 0 Å². The number of hydrogen-bond acceptors (Lipinski definition) is 0. The van der Waals surface area contributed by atoms with Gasteiger partial charge in [0, 0.05) is 0 Å². The maximum absolute atomic E-state index is 2.60. The van der Waals surface area contributed by atoms with Crippen LogP contribution in [0.2, 0.25) is 13.1 Å². The van der Waals surface area contributed by atoms with Crippen molar-refractivity contribution in [3.8, 4) is 0 Å². The first-order valence-corrected chi connectivity index (χ1v) is 12.4. The fraction of sp³-hybridized carbons (Fsp3) is 0.619. The summed E-state index contributed by atoms with van der Waals surface area (Å²) in [4.78, 5) is 0. The third-order valence-corrected chi connectivity index (χ3v) is 7.59. The predicted octanol–water partition coefficient (Wildman–Crippen LogP) is 6.62. The van der Waals surface area contributed by atoms with Crippen LogP contribution in [0.1, 0.15) is 71.6 Å². The number of rotatable bonds is 11. The Labute approximate surface area is 140 Å². The molecule has 0 aliphatic heterocycles. The molecule has 22 heavy (non-hydrogen) atoms. The van der Waals surface area contributed by atoms with Gasteiger partial charge in [0.05, 0.1) is 0 Å². The van der Waals surface area contributed by atoms with Crippen LogP contribution in [0, 0.1) is 0 Å². The molecule has 1 aromatic carbocycles. The number of benzene rings is 1. The molecule has 0 amide bonds. The van der Waals surface area contributed by atoms with E-state index in [2.05, 4.69) is 63.0 Å². The Kier molecular flexibility index (Phi) is 9.46. The van der Waals surface area contributed by atoms with Crippen LogP contribution in [0.3, 0.4) is 0 Å². The van der Waals surface area contributed by atoms with E-state index in [0.29, 0.717) is 0 Å². The standard InChI is InChI=1S/C21H36Si/c1-5-6-7-8-9-10-11-13-16-20(2)19-22(3,4)21-17-14-12-15-18-21/h12,14-15,17-19H,5-11,13,16H2,1-4H3/b20-19+. The zero-order valence-corrected chi connectivity index (χ0v) is 16.3. The van der Waals surface area contributed by atoms with E-state index < -0.39 is 8.07 Å².